The predicted octanol–water partition coefficient (Wildman–Crippen LogP) is 2.24. The minimum atomic E-state index is 0.223. The molecule has 0 spiro atoms. The molecular formula is C14H25NO2. The van der Waals surface area contributed by atoms with E-state index in [2.05, 4.69) is 5.32 Å². The Bertz CT molecular complexity index is 255. The lowest BCUT2D eigenvalue weighted by molar-refractivity contribution is -0.122. The standard InChI is InChI=1S/C14H25NO2/c16-9-8-14(6-7-14)11-15-13(17)10-12-4-2-1-3-5-12/h12,16H,1-11H2,(H,15,17). The van der Waals surface area contributed by atoms with Gasteiger partial charge in [0, 0.05) is 19.6 Å². The number of aliphatic hydroxyl groups excluding tert-OH is 1. The highest BCUT2D eigenvalue weighted by molar-refractivity contribution is 5.76. The fraction of sp³-hybridized carbons (Fsp3) is 0.929. The normalized spacial score (nSPS) is 23.4. The highest BCUT2D eigenvalue weighted by atomic mass is 16.3. The third-order valence-corrected chi connectivity index (χ3v) is 4.46. The second-order valence-corrected chi connectivity index (χ2v) is 5.96. The largest absolute Gasteiger partial charge is 0.396 e. The first-order valence-electron chi connectivity index (χ1n) is 7.12. The third kappa shape index (κ3) is 3.98. The summed E-state index contributed by atoms with van der Waals surface area (Å²) in [6, 6.07) is 0. The smallest absolute Gasteiger partial charge is 0.220 e. The summed E-state index contributed by atoms with van der Waals surface area (Å²) in [5.74, 6) is 0.845. The van der Waals surface area contributed by atoms with Crippen molar-refractivity contribution in [3.05, 3.63) is 0 Å². The zero-order chi connectivity index (χ0) is 12.1. The van der Waals surface area contributed by atoms with Gasteiger partial charge < -0.3 is 10.4 Å². The molecule has 0 bridgehead atoms. The van der Waals surface area contributed by atoms with Gasteiger partial charge in [0.15, 0.2) is 0 Å². The van der Waals surface area contributed by atoms with Crippen LogP contribution >= 0.6 is 0 Å². The van der Waals surface area contributed by atoms with Crippen molar-refractivity contribution in [2.24, 2.45) is 11.3 Å². The van der Waals surface area contributed by atoms with Crippen molar-refractivity contribution in [3.8, 4) is 0 Å². The first-order chi connectivity index (χ1) is 8.24. The quantitative estimate of drug-likeness (QED) is 0.747. The van der Waals surface area contributed by atoms with E-state index in [0.29, 0.717) is 5.92 Å². The Balaban J connectivity index is 1.63. The number of nitrogens with one attached hydrogen (secondary N) is 1. The Kier molecular flexibility index (Phi) is 4.43. The van der Waals surface area contributed by atoms with Crippen molar-refractivity contribution >= 4 is 5.91 Å². The first-order valence-corrected chi connectivity index (χ1v) is 7.12. The minimum Gasteiger partial charge on any atom is -0.396 e. The fourth-order valence-corrected chi connectivity index (χ4v) is 2.94. The second-order valence-electron chi connectivity index (χ2n) is 5.96. The Morgan fingerprint density at radius 3 is 2.53 bits per heavy atom. The third-order valence-electron chi connectivity index (χ3n) is 4.46. The van der Waals surface area contributed by atoms with E-state index < -0.39 is 0 Å². The van der Waals surface area contributed by atoms with Crippen LogP contribution in [0, 0.1) is 11.3 Å². The molecule has 0 aromatic carbocycles. The van der Waals surface area contributed by atoms with Crippen LogP contribution in [-0.2, 0) is 4.79 Å². The molecular weight excluding hydrogens is 214 g/mol. The van der Waals surface area contributed by atoms with Crippen LogP contribution in [0.15, 0.2) is 0 Å². The fourth-order valence-electron chi connectivity index (χ4n) is 2.94. The van der Waals surface area contributed by atoms with E-state index in [-0.39, 0.29) is 17.9 Å². The summed E-state index contributed by atoms with van der Waals surface area (Å²) in [5, 5.41) is 12.0. The molecule has 2 N–H and O–H groups in total. The molecule has 2 aliphatic carbocycles. The van der Waals surface area contributed by atoms with Gasteiger partial charge in [-0.3, -0.25) is 4.79 Å². The van der Waals surface area contributed by atoms with Crippen molar-refractivity contribution in [1.82, 2.24) is 5.32 Å². The number of aliphatic hydroxyl groups is 1. The van der Waals surface area contributed by atoms with Crippen LogP contribution in [0.1, 0.15) is 57.8 Å². The summed E-state index contributed by atoms with van der Waals surface area (Å²) in [7, 11) is 0. The molecule has 1 amide bonds. The SMILES string of the molecule is O=C(CC1CCCCC1)NCC1(CCO)CC1. The van der Waals surface area contributed by atoms with Gasteiger partial charge in [-0.15, -0.1) is 0 Å². The van der Waals surface area contributed by atoms with Gasteiger partial charge in [0.1, 0.15) is 0 Å². The molecule has 3 heteroatoms. The highest BCUT2D eigenvalue weighted by Gasteiger charge is 2.41. The summed E-state index contributed by atoms with van der Waals surface area (Å²) in [6.07, 6.45) is 10.3. The maximum atomic E-state index is 11.8. The monoisotopic (exact) mass is 239 g/mol. The lowest BCUT2D eigenvalue weighted by Crippen LogP contribution is -2.32. The molecule has 98 valence electrons. The molecule has 0 aromatic heterocycles. The van der Waals surface area contributed by atoms with Gasteiger partial charge >= 0.3 is 0 Å². The molecule has 2 aliphatic rings. The van der Waals surface area contributed by atoms with Gasteiger partial charge in [-0.25, -0.2) is 0 Å². The van der Waals surface area contributed by atoms with Crippen LogP contribution in [0.2, 0.25) is 0 Å². The van der Waals surface area contributed by atoms with Gasteiger partial charge in [-0.05, 0) is 43.4 Å². The van der Waals surface area contributed by atoms with Crippen LogP contribution in [-0.4, -0.2) is 24.2 Å². The second kappa shape index (κ2) is 5.85. The van der Waals surface area contributed by atoms with Crippen LogP contribution in [0.5, 0.6) is 0 Å². The van der Waals surface area contributed by atoms with Crippen LogP contribution in [0.4, 0.5) is 0 Å². The Labute approximate surface area is 104 Å². The number of amides is 1. The van der Waals surface area contributed by atoms with Crippen molar-refractivity contribution in [2.45, 2.75) is 57.8 Å². The number of carbonyl (C=O) groups excluding carboxylic acids is 1. The molecule has 0 atom stereocenters. The molecule has 2 fully saturated rings. The van der Waals surface area contributed by atoms with Gasteiger partial charge in [0.05, 0.1) is 0 Å². The summed E-state index contributed by atoms with van der Waals surface area (Å²) >= 11 is 0. The van der Waals surface area contributed by atoms with E-state index in [0.717, 1.165) is 32.2 Å². The van der Waals surface area contributed by atoms with E-state index in [4.69, 9.17) is 5.11 Å². The van der Waals surface area contributed by atoms with E-state index in [1.807, 2.05) is 0 Å². The van der Waals surface area contributed by atoms with E-state index in [9.17, 15) is 4.79 Å². The molecule has 0 unspecified atom stereocenters. The zero-order valence-electron chi connectivity index (χ0n) is 10.7. The summed E-state index contributed by atoms with van der Waals surface area (Å²) in [5.41, 5.74) is 0.247. The van der Waals surface area contributed by atoms with E-state index in [1.54, 1.807) is 0 Å². The lowest BCUT2D eigenvalue weighted by atomic mass is 9.87. The Hall–Kier alpha value is -0.570. The van der Waals surface area contributed by atoms with Crippen LogP contribution in [0.25, 0.3) is 0 Å². The molecule has 0 saturated heterocycles. The van der Waals surface area contributed by atoms with E-state index >= 15 is 0 Å². The molecule has 0 heterocycles. The van der Waals surface area contributed by atoms with Gasteiger partial charge in [-0.2, -0.15) is 0 Å². The Morgan fingerprint density at radius 1 is 1.24 bits per heavy atom. The molecule has 2 rings (SSSR count). The number of carbonyl (C=O) groups is 1. The van der Waals surface area contributed by atoms with Crippen LogP contribution in [0.3, 0.4) is 0 Å². The maximum Gasteiger partial charge on any atom is 0.220 e. The van der Waals surface area contributed by atoms with E-state index in [1.165, 1.54) is 32.1 Å². The summed E-state index contributed by atoms with van der Waals surface area (Å²) in [4.78, 5) is 11.8. The van der Waals surface area contributed by atoms with Gasteiger partial charge in [0.2, 0.25) is 5.91 Å². The Morgan fingerprint density at radius 2 is 1.94 bits per heavy atom. The van der Waals surface area contributed by atoms with Crippen molar-refractivity contribution in [1.29, 1.82) is 0 Å². The molecule has 3 nitrogen and oxygen atoms in total. The molecule has 2 saturated carbocycles. The molecule has 0 aromatic rings. The van der Waals surface area contributed by atoms with Gasteiger partial charge in [0.25, 0.3) is 0 Å². The average Bonchev–Trinajstić information content (AvgIpc) is 3.09. The van der Waals surface area contributed by atoms with Crippen molar-refractivity contribution in [3.63, 3.8) is 0 Å². The molecule has 17 heavy (non-hydrogen) atoms. The minimum absolute atomic E-state index is 0.223. The zero-order valence-corrected chi connectivity index (χ0v) is 10.7. The maximum absolute atomic E-state index is 11.8. The predicted molar refractivity (Wildman–Crippen MR) is 67.6 cm³/mol. The van der Waals surface area contributed by atoms with Crippen molar-refractivity contribution < 1.29 is 9.90 Å². The molecule has 0 radical (unpaired) electrons. The average molecular weight is 239 g/mol. The topological polar surface area (TPSA) is 49.3 Å². The molecule has 0 aliphatic heterocycles. The summed E-state index contributed by atoms with van der Waals surface area (Å²) < 4.78 is 0. The lowest BCUT2D eigenvalue weighted by Gasteiger charge is -2.21. The van der Waals surface area contributed by atoms with Crippen LogP contribution < -0.4 is 5.32 Å². The number of hydrogen-bond acceptors (Lipinski definition) is 2. The highest BCUT2D eigenvalue weighted by Crippen LogP contribution is 2.47. The summed E-state index contributed by atoms with van der Waals surface area (Å²) in [6.45, 7) is 1.03. The first kappa shape index (κ1) is 12.9. The van der Waals surface area contributed by atoms with Crippen molar-refractivity contribution in [2.75, 3.05) is 13.2 Å². The number of rotatable bonds is 6. The number of hydrogen-bond donors (Lipinski definition) is 2. The van der Waals surface area contributed by atoms with Gasteiger partial charge in [-0.1, -0.05) is 19.3 Å².